The third-order valence-electron chi connectivity index (χ3n) is 7.14. The van der Waals surface area contributed by atoms with Crippen LogP contribution in [0.15, 0.2) is 48.9 Å². The third kappa shape index (κ3) is 5.36. The predicted molar refractivity (Wildman–Crippen MR) is 146 cm³/mol. The molecule has 0 spiro atoms. The van der Waals surface area contributed by atoms with Crippen LogP contribution in [0.5, 0.6) is 5.75 Å². The molecule has 0 amide bonds. The Morgan fingerprint density at radius 2 is 1.92 bits per heavy atom. The fourth-order valence-electron chi connectivity index (χ4n) is 5.01. The number of anilines is 2. The lowest BCUT2D eigenvalue weighted by Gasteiger charge is -2.20. The molecule has 4 aromatic rings. The first-order chi connectivity index (χ1) is 18.1. The van der Waals surface area contributed by atoms with Crippen molar-refractivity contribution in [2.75, 3.05) is 17.7 Å². The number of hydrogen-bond acceptors (Lipinski definition) is 8. The number of pyridine rings is 1. The van der Waals surface area contributed by atoms with E-state index >= 15 is 0 Å². The van der Waals surface area contributed by atoms with E-state index in [0.29, 0.717) is 24.4 Å². The molecule has 0 radical (unpaired) electrons. The number of benzene rings is 1. The number of para-hydroxylation sites is 1. The molecule has 1 unspecified atom stereocenters. The number of methoxy groups -OCH3 is 1. The van der Waals surface area contributed by atoms with Crippen LogP contribution in [0.3, 0.4) is 0 Å². The monoisotopic (exact) mass is 501 g/mol. The Balaban J connectivity index is 1.41. The van der Waals surface area contributed by atoms with Gasteiger partial charge in [-0.3, -0.25) is 4.98 Å². The van der Waals surface area contributed by atoms with Gasteiger partial charge in [0.2, 0.25) is 5.95 Å². The number of aliphatic hydroxyl groups is 1. The highest BCUT2D eigenvalue weighted by Crippen LogP contribution is 2.33. The predicted octanol–water partition coefficient (Wildman–Crippen LogP) is 5.20. The van der Waals surface area contributed by atoms with Gasteiger partial charge in [-0.15, -0.1) is 0 Å². The highest BCUT2D eigenvalue weighted by molar-refractivity contribution is 5.84. The molecule has 3 N–H and O–H groups in total. The van der Waals surface area contributed by atoms with E-state index in [1.54, 1.807) is 14.0 Å². The van der Waals surface area contributed by atoms with Gasteiger partial charge in [-0.1, -0.05) is 38.0 Å². The largest absolute Gasteiger partial charge is 0.496 e. The summed E-state index contributed by atoms with van der Waals surface area (Å²) in [5.41, 5.74) is 4.40. The van der Waals surface area contributed by atoms with Gasteiger partial charge in [0.1, 0.15) is 5.75 Å². The molecular weight excluding hydrogens is 466 g/mol. The average Bonchev–Trinajstić information content (AvgIpc) is 3.60. The molecule has 1 aromatic carbocycles. The van der Waals surface area contributed by atoms with Crippen LogP contribution in [0.4, 0.5) is 11.8 Å². The SMILES string of the molecule is CCC(Nc1nc(NCc2ccc(-c3ccccc3OC)nc2)c2ncn(C3CCCC3)c2n1)[C@@H](C)O. The molecule has 3 heterocycles. The summed E-state index contributed by atoms with van der Waals surface area (Å²) >= 11 is 0. The molecule has 1 aliphatic rings. The van der Waals surface area contributed by atoms with Crippen LogP contribution in [-0.2, 0) is 6.54 Å². The molecule has 1 fully saturated rings. The lowest BCUT2D eigenvalue weighted by molar-refractivity contribution is 0.169. The zero-order valence-electron chi connectivity index (χ0n) is 21.7. The van der Waals surface area contributed by atoms with Gasteiger partial charge in [-0.2, -0.15) is 9.97 Å². The van der Waals surface area contributed by atoms with Gasteiger partial charge in [0, 0.05) is 24.3 Å². The van der Waals surface area contributed by atoms with Crippen LogP contribution in [0, 0.1) is 0 Å². The molecule has 9 nitrogen and oxygen atoms in total. The van der Waals surface area contributed by atoms with Crippen molar-refractivity contribution >= 4 is 22.9 Å². The van der Waals surface area contributed by atoms with E-state index in [2.05, 4.69) is 26.3 Å². The fourth-order valence-corrected chi connectivity index (χ4v) is 5.01. The second-order valence-electron chi connectivity index (χ2n) is 9.66. The van der Waals surface area contributed by atoms with E-state index < -0.39 is 6.10 Å². The van der Waals surface area contributed by atoms with Crippen LogP contribution in [0.1, 0.15) is 57.6 Å². The normalized spacial score (nSPS) is 15.6. The van der Waals surface area contributed by atoms with E-state index in [9.17, 15) is 5.11 Å². The van der Waals surface area contributed by atoms with E-state index in [-0.39, 0.29) is 6.04 Å². The van der Waals surface area contributed by atoms with Crippen molar-refractivity contribution in [3.05, 3.63) is 54.5 Å². The lowest BCUT2D eigenvalue weighted by Crippen LogP contribution is -2.31. The Hall–Kier alpha value is -3.72. The summed E-state index contributed by atoms with van der Waals surface area (Å²) in [7, 11) is 1.67. The number of imidazole rings is 1. The second-order valence-corrected chi connectivity index (χ2v) is 9.66. The maximum absolute atomic E-state index is 10.2. The Bertz CT molecular complexity index is 1330. The van der Waals surface area contributed by atoms with Crippen LogP contribution in [0.2, 0.25) is 0 Å². The van der Waals surface area contributed by atoms with Crippen molar-refractivity contribution < 1.29 is 9.84 Å². The van der Waals surface area contributed by atoms with Crippen molar-refractivity contribution in [2.45, 2.75) is 70.7 Å². The molecule has 1 saturated carbocycles. The number of nitrogens with one attached hydrogen (secondary N) is 2. The average molecular weight is 502 g/mol. The number of ether oxygens (including phenoxy) is 1. The minimum atomic E-state index is -0.520. The second kappa shape index (κ2) is 11.1. The van der Waals surface area contributed by atoms with Crippen LogP contribution in [0.25, 0.3) is 22.4 Å². The Morgan fingerprint density at radius 1 is 1.11 bits per heavy atom. The molecule has 37 heavy (non-hydrogen) atoms. The first-order valence-electron chi connectivity index (χ1n) is 13.1. The smallest absolute Gasteiger partial charge is 0.227 e. The maximum atomic E-state index is 10.2. The summed E-state index contributed by atoms with van der Waals surface area (Å²) in [6.45, 7) is 4.35. The number of aromatic nitrogens is 5. The van der Waals surface area contributed by atoms with Crippen molar-refractivity contribution in [3.8, 4) is 17.0 Å². The minimum Gasteiger partial charge on any atom is -0.496 e. The van der Waals surface area contributed by atoms with E-state index in [1.807, 2.05) is 49.8 Å². The van der Waals surface area contributed by atoms with Gasteiger partial charge >= 0.3 is 0 Å². The Labute approximate surface area is 217 Å². The lowest BCUT2D eigenvalue weighted by atomic mass is 10.1. The van der Waals surface area contributed by atoms with Gasteiger partial charge < -0.3 is 25.0 Å². The molecule has 9 heteroatoms. The molecule has 5 rings (SSSR count). The van der Waals surface area contributed by atoms with Crippen LogP contribution >= 0.6 is 0 Å². The number of hydrogen-bond donors (Lipinski definition) is 3. The van der Waals surface area contributed by atoms with Crippen molar-refractivity contribution in [1.82, 2.24) is 24.5 Å². The van der Waals surface area contributed by atoms with Crippen molar-refractivity contribution in [3.63, 3.8) is 0 Å². The minimum absolute atomic E-state index is 0.139. The maximum Gasteiger partial charge on any atom is 0.227 e. The third-order valence-corrected chi connectivity index (χ3v) is 7.14. The zero-order chi connectivity index (χ0) is 25.8. The highest BCUT2D eigenvalue weighted by Gasteiger charge is 2.23. The van der Waals surface area contributed by atoms with Gasteiger partial charge in [-0.25, -0.2) is 4.98 Å². The first kappa shape index (κ1) is 25.0. The molecule has 0 bridgehead atoms. The van der Waals surface area contributed by atoms with Gasteiger partial charge in [0.25, 0.3) is 0 Å². The molecule has 2 atom stereocenters. The molecule has 0 saturated heterocycles. The number of rotatable bonds is 10. The quantitative estimate of drug-likeness (QED) is 0.272. The standard InChI is InChI=1S/C28H35N7O2/c1-4-22(18(2)36)32-28-33-26(25-27(34-28)35(17-31-25)20-9-5-6-10-20)30-16-19-13-14-23(29-15-19)21-11-7-8-12-24(21)37-3/h7-8,11-15,17-18,20,22,36H,4-6,9-10,16H2,1-3H3,(H2,30,32,33,34)/t18-,22?/m1/s1. The number of aliphatic hydroxyl groups excluding tert-OH is 1. The first-order valence-corrected chi connectivity index (χ1v) is 13.1. The molecule has 1 aliphatic carbocycles. The van der Waals surface area contributed by atoms with E-state index in [4.69, 9.17) is 19.7 Å². The van der Waals surface area contributed by atoms with Crippen LogP contribution < -0.4 is 15.4 Å². The fraction of sp³-hybridized carbons (Fsp3) is 0.429. The Kier molecular flexibility index (Phi) is 7.50. The summed E-state index contributed by atoms with van der Waals surface area (Å²) in [5, 5.41) is 16.9. The van der Waals surface area contributed by atoms with Gasteiger partial charge in [0.05, 0.1) is 31.3 Å². The summed E-state index contributed by atoms with van der Waals surface area (Å²) in [5.74, 6) is 1.95. The summed E-state index contributed by atoms with van der Waals surface area (Å²) in [6.07, 6.45) is 8.71. The molecule has 3 aromatic heterocycles. The van der Waals surface area contributed by atoms with E-state index in [0.717, 1.165) is 53.0 Å². The number of fused-ring (bicyclic) bond motifs is 1. The zero-order valence-corrected chi connectivity index (χ0v) is 21.7. The Morgan fingerprint density at radius 3 is 2.62 bits per heavy atom. The summed E-state index contributed by atoms with van der Waals surface area (Å²) in [4.78, 5) is 18.9. The molecule has 0 aliphatic heterocycles. The van der Waals surface area contributed by atoms with Crippen molar-refractivity contribution in [2.24, 2.45) is 0 Å². The van der Waals surface area contributed by atoms with Crippen molar-refractivity contribution in [1.29, 1.82) is 0 Å². The topological polar surface area (TPSA) is 110 Å². The van der Waals surface area contributed by atoms with E-state index in [1.165, 1.54) is 12.8 Å². The summed E-state index contributed by atoms with van der Waals surface area (Å²) in [6, 6.07) is 12.2. The molecular formula is C28H35N7O2. The number of nitrogens with zero attached hydrogens (tertiary/aromatic N) is 5. The summed E-state index contributed by atoms with van der Waals surface area (Å²) < 4.78 is 7.67. The van der Waals surface area contributed by atoms with Gasteiger partial charge in [0.15, 0.2) is 17.0 Å². The van der Waals surface area contributed by atoms with Gasteiger partial charge in [-0.05, 0) is 49.9 Å². The van der Waals surface area contributed by atoms with Crippen LogP contribution in [-0.4, -0.2) is 48.9 Å². The highest BCUT2D eigenvalue weighted by atomic mass is 16.5. The molecule has 194 valence electrons.